The van der Waals surface area contributed by atoms with Crippen molar-refractivity contribution < 1.29 is 10.2 Å². The summed E-state index contributed by atoms with van der Waals surface area (Å²) in [6, 6.07) is 25.1. The molecule has 1 aliphatic rings. The SMILES string of the molecule is [2H]c1c([2H])c([2H])c2c(c1[2H])c1ccc(Oc3cc(N4Cn5c(nc(C)c5C)-c5ccccc54)cc(C(C)(C)C)c3)cc1n2-c1ccccn1. The van der Waals surface area contributed by atoms with Gasteiger partial charge in [-0.05, 0) is 79.4 Å². The van der Waals surface area contributed by atoms with Crippen LogP contribution in [0.25, 0.3) is 39.0 Å². The summed E-state index contributed by atoms with van der Waals surface area (Å²) in [4.78, 5) is 11.8. The first-order chi connectivity index (χ1) is 23.4. The van der Waals surface area contributed by atoms with E-state index in [9.17, 15) is 0 Å². The highest BCUT2D eigenvalue weighted by Gasteiger charge is 2.28. The average Bonchev–Trinajstić information content (AvgIpc) is 3.59. The molecule has 8 rings (SSSR count). The van der Waals surface area contributed by atoms with Crippen LogP contribution in [0, 0.1) is 13.8 Å². The van der Waals surface area contributed by atoms with Crippen molar-refractivity contribution in [3.63, 3.8) is 0 Å². The van der Waals surface area contributed by atoms with Crippen LogP contribution in [0.3, 0.4) is 0 Å². The third kappa shape index (κ3) is 4.48. The van der Waals surface area contributed by atoms with Crippen LogP contribution < -0.4 is 9.64 Å². The minimum Gasteiger partial charge on any atom is -0.457 e. The van der Waals surface area contributed by atoms with Gasteiger partial charge in [0.1, 0.15) is 29.8 Å². The molecule has 0 saturated carbocycles. The fourth-order valence-electron chi connectivity index (χ4n) is 6.22. The van der Waals surface area contributed by atoms with Crippen molar-refractivity contribution in [3.8, 4) is 28.7 Å². The van der Waals surface area contributed by atoms with Gasteiger partial charge in [-0.25, -0.2) is 9.97 Å². The Balaban J connectivity index is 1.29. The van der Waals surface area contributed by atoms with Gasteiger partial charge in [0.05, 0.1) is 27.9 Å². The molecule has 4 aromatic carbocycles. The molecule has 0 amide bonds. The van der Waals surface area contributed by atoms with Gasteiger partial charge in [0, 0.05) is 46.0 Å². The van der Waals surface area contributed by atoms with Gasteiger partial charge in [0.25, 0.3) is 0 Å². The smallest absolute Gasteiger partial charge is 0.144 e. The Hall–Kier alpha value is -5.36. The Morgan fingerprint density at radius 3 is 2.47 bits per heavy atom. The summed E-state index contributed by atoms with van der Waals surface area (Å²) < 4.78 is 45.1. The minimum absolute atomic E-state index is 0.0832. The van der Waals surface area contributed by atoms with Crippen molar-refractivity contribution in [2.45, 2.75) is 46.7 Å². The Morgan fingerprint density at radius 1 is 0.822 bits per heavy atom. The zero-order chi connectivity index (χ0) is 34.4. The maximum atomic E-state index is 8.82. The van der Waals surface area contributed by atoms with Crippen molar-refractivity contribution in [3.05, 3.63) is 126 Å². The molecule has 0 radical (unpaired) electrons. The van der Waals surface area contributed by atoms with Crippen LogP contribution in [-0.4, -0.2) is 19.1 Å². The van der Waals surface area contributed by atoms with E-state index in [4.69, 9.17) is 15.2 Å². The molecule has 0 aliphatic carbocycles. The lowest BCUT2D eigenvalue weighted by atomic mass is 9.86. The number of aromatic nitrogens is 4. The summed E-state index contributed by atoms with van der Waals surface area (Å²) >= 11 is 0. The molecule has 7 aromatic rings. The number of aryl methyl sites for hydroxylation is 1. The lowest BCUT2D eigenvalue weighted by Gasteiger charge is -2.34. The summed E-state index contributed by atoms with van der Waals surface area (Å²) in [7, 11) is 0. The molecule has 0 unspecified atom stereocenters. The second-order valence-corrected chi connectivity index (χ2v) is 12.6. The Morgan fingerprint density at radius 2 is 1.64 bits per heavy atom. The summed E-state index contributed by atoms with van der Waals surface area (Å²) in [6.07, 6.45) is 1.67. The summed E-state index contributed by atoms with van der Waals surface area (Å²) in [5.74, 6) is 2.77. The van der Waals surface area contributed by atoms with E-state index in [1.54, 1.807) is 10.8 Å². The van der Waals surface area contributed by atoms with Crippen LogP contribution in [0.15, 0.2) is 109 Å². The van der Waals surface area contributed by atoms with E-state index in [-0.39, 0.29) is 29.6 Å². The van der Waals surface area contributed by atoms with Gasteiger partial charge < -0.3 is 14.2 Å². The van der Waals surface area contributed by atoms with E-state index in [2.05, 4.69) is 91.5 Å². The number of hydrogen-bond donors (Lipinski definition) is 0. The topological polar surface area (TPSA) is 48.1 Å². The van der Waals surface area contributed by atoms with Crippen LogP contribution in [0.1, 0.15) is 43.2 Å². The summed E-state index contributed by atoms with van der Waals surface area (Å²) in [6.45, 7) is 11.4. The van der Waals surface area contributed by atoms with Gasteiger partial charge >= 0.3 is 0 Å². The van der Waals surface area contributed by atoms with Crippen LogP contribution in [0.2, 0.25) is 0 Å². The maximum absolute atomic E-state index is 8.82. The molecule has 222 valence electrons. The zero-order valence-electron chi connectivity index (χ0n) is 29.9. The Labute approximate surface area is 268 Å². The maximum Gasteiger partial charge on any atom is 0.144 e. The first-order valence-electron chi connectivity index (χ1n) is 17.1. The molecule has 6 nitrogen and oxygen atoms in total. The van der Waals surface area contributed by atoms with Crippen LogP contribution in [0.4, 0.5) is 11.4 Å². The molecule has 0 bridgehead atoms. The Bertz CT molecular complexity index is 2460. The van der Waals surface area contributed by atoms with E-state index < -0.39 is 0 Å². The third-order valence-corrected chi connectivity index (χ3v) is 8.73. The molecule has 4 heterocycles. The van der Waals surface area contributed by atoms with E-state index >= 15 is 0 Å². The number of ether oxygens (including phenoxy) is 1. The molecular formula is C39H35N5O. The van der Waals surface area contributed by atoms with Crippen molar-refractivity contribution in [1.29, 1.82) is 0 Å². The molecule has 45 heavy (non-hydrogen) atoms. The summed E-state index contributed by atoms with van der Waals surface area (Å²) in [5, 5.41) is 1.14. The summed E-state index contributed by atoms with van der Waals surface area (Å²) in [5.41, 5.74) is 7.32. The number of pyridine rings is 1. The van der Waals surface area contributed by atoms with E-state index in [1.807, 2.05) is 36.4 Å². The van der Waals surface area contributed by atoms with Gasteiger partial charge in [0.15, 0.2) is 0 Å². The van der Waals surface area contributed by atoms with Crippen LogP contribution >= 0.6 is 0 Å². The second kappa shape index (κ2) is 10.1. The second-order valence-electron chi connectivity index (χ2n) is 12.6. The van der Waals surface area contributed by atoms with Gasteiger partial charge in [-0.2, -0.15) is 0 Å². The van der Waals surface area contributed by atoms with Crippen molar-refractivity contribution >= 4 is 33.2 Å². The number of imidazole rings is 1. The van der Waals surface area contributed by atoms with Gasteiger partial charge in [0.2, 0.25) is 0 Å². The van der Waals surface area contributed by atoms with E-state index in [0.29, 0.717) is 45.8 Å². The number of nitrogens with zero attached hydrogens (tertiary/aromatic N) is 5. The predicted octanol–water partition coefficient (Wildman–Crippen LogP) is 9.86. The number of para-hydroxylation sites is 2. The van der Waals surface area contributed by atoms with E-state index in [1.165, 1.54) is 0 Å². The number of hydrogen-bond acceptors (Lipinski definition) is 4. The van der Waals surface area contributed by atoms with E-state index in [0.717, 1.165) is 39.7 Å². The minimum atomic E-state index is -0.284. The molecule has 6 heteroatoms. The molecular weight excluding hydrogens is 554 g/mol. The molecule has 0 atom stereocenters. The molecule has 1 aliphatic heterocycles. The van der Waals surface area contributed by atoms with Gasteiger partial charge in [-0.15, -0.1) is 0 Å². The average molecular weight is 594 g/mol. The third-order valence-electron chi connectivity index (χ3n) is 8.73. The largest absolute Gasteiger partial charge is 0.457 e. The monoisotopic (exact) mass is 593 g/mol. The van der Waals surface area contributed by atoms with Crippen LogP contribution in [0.5, 0.6) is 11.5 Å². The quantitative estimate of drug-likeness (QED) is 0.204. The highest BCUT2D eigenvalue weighted by molar-refractivity contribution is 6.09. The highest BCUT2D eigenvalue weighted by Crippen LogP contribution is 2.43. The number of benzene rings is 4. The van der Waals surface area contributed by atoms with Gasteiger partial charge in [-0.3, -0.25) is 4.57 Å². The molecule has 0 spiro atoms. The fraction of sp³-hybridized carbons (Fsp3) is 0.179. The molecule has 0 saturated heterocycles. The lowest BCUT2D eigenvalue weighted by Crippen LogP contribution is -2.27. The number of anilines is 2. The normalized spacial score (nSPS) is 14.1. The number of rotatable bonds is 4. The first-order valence-corrected chi connectivity index (χ1v) is 15.1. The highest BCUT2D eigenvalue weighted by atomic mass is 16.5. The number of fused-ring (bicyclic) bond motifs is 6. The zero-order valence-corrected chi connectivity index (χ0v) is 25.9. The van der Waals surface area contributed by atoms with Crippen LogP contribution in [-0.2, 0) is 12.1 Å². The Kier molecular flexibility index (Phi) is 5.18. The van der Waals surface area contributed by atoms with Gasteiger partial charge in [-0.1, -0.05) is 57.1 Å². The van der Waals surface area contributed by atoms with Crippen molar-refractivity contribution in [1.82, 2.24) is 19.1 Å². The molecule has 0 N–H and O–H groups in total. The predicted molar refractivity (Wildman–Crippen MR) is 183 cm³/mol. The lowest BCUT2D eigenvalue weighted by molar-refractivity contribution is 0.479. The fourth-order valence-corrected chi connectivity index (χ4v) is 6.22. The van der Waals surface area contributed by atoms with Crippen molar-refractivity contribution in [2.75, 3.05) is 4.90 Å². The standard InChI is InChI=1S/C39H35N5O/c1-25-26(2)42-24-43(34-14-8-7-13-33(34)38(42)41-25)28-20-27(39(3,4)5)21-30(22-28)45-29-17-18-32-31-12-6-9-15-35(31)44(36(32)23-29)37-16-10-11-19-40-37/h6-23H,24H2,1-5H3/i6D,9D,12D,15D. The molecule has 0 fully saturated rings. The van der Waals surface area contributed by atoms with Crippen molar-refractivity contribution in [2.24, 2.45) is 0 Å². The molecule has 3 aromatic heterocycles. The first kappa shape index (κ1) is 23.1.